The lowest BCUT2D eigenvalue weighted by molar-refractivity contribution is 0.0700. The highest BCUT2D eigenvalue weighted by Crippen LogP contribution is 2.23. The highest BCUT2D eigenvalue weighted by Gasteiger charge is 2.18. The Morgan fingerprint density at radius 2 is 2.00 bits per heavy atom. The van der Waals surface area contributed by atoms with Crippen LogP contribution in [0.5, 0.6) is 0 Å². The van der Waals surface area contributed by atoms with E-state index < -0.39 is 5.97 Å². The van der Waals surface area contributed by atoms with Crippen LogP contribution >= 0.6 is 11.3 Å². The zero-order chi connectivity index (χ0) is 14.7. The molecule has 0 aliphatic rings. The maximum Gasteiger partial charge on any atom is 0.347 e. The van der Waals surface area contributed by atoms with Crippen LogP contribution in [0.25, 0.3) is 0 Å². The van der Waals surface area contributed by atoms with Gasteiger partial charge in [0.15, 0.2) is 0 Å². The molecule has 0 aliphatic carbocycles. The standard InChI is InChI=1S/C15H18N2O2S/c1-9(2)7-12-14(15(18)19)20-13(17-12)8-10-3-5-11(16)6-4-10/h3-6,9H,7-8,16H2,1-2H3,(H,18,19). The molecular formula is C15H18N2O2S. The molecule has 1 heterocycles. The van der Waals surface area contributed by atoms with Crippen molar-refractivity contribution >= 4 is 23.0 Å². The predicted molar refractivity (Wildman–Crippen MR) is 81.3 cm³/mol. The minimum atomic E-state index is -0.887. The number of aromatic nitrogens is 1. The molecule has 20 heavy (non-hydrogen) atoms. The molecule has 0 unspecified atom stereocenters. The second-order valence-electron chi connectivity index (χ2n) is 5.20. The normalized spacial score (nSPS) is 10.9. The Hall–Kier alpha value is -1.88. The quantitative estimate of drug-likeness (QED) is 0.829. The van der Waals surface area contributed by atoms with Crippen LogP contribution in [-0.4, -0.2) is 16.1 Å². The van der Waals surface area contributed by atoms with Gasteiger partial charge in [0.2, 0.25) is 0 Å². The molecule has 0 spiro atoms. The number of hydrogen-bond donors (Lipinski definition) is 2. The number of anilines is 1. The average Bonchev–Trinajstić information content (AvgIpc) is 2.74. The molecule has 0 aliphatic heterocycles. The molecule has 0 radical (unpaired) electrons. The third-order valence-corrected chi connectivity index (χ3v) is 3.96. The summed E-state index contributed by atoms with van der Waals surface area (Å²) in [6.45, 7) is 4.12. The minimum absolute atomic E-state index is 0.365. The zero-order valence-corrected chi connectivity index (χ0v) is 12.4. The zero-order valence-electron chi connectivity index (χ0n) is 11.6. The number of benzene rings is 1. The van der Waals surface area contributed by atoms with E-state index in [-0.39, 0.29) is 0 Å². The van der Waals surface area contributed by atoms with Crippen molar-refractivity contribution in [2.24, 2.45) is 5.92 Å². The Kier molecular flexibility index (Phi) is 4.39. The van der Waals surface area contributed by atoms with Crippen molar-refractivity contribution < 1.29 is 9.90 Å². The van der Waals surface area contributed by atoms with Crippen molar-refractivity contribution in [1.29, 1.82) is 0 Å². The summed E-state index contributed by atoms with van der Waals surface area (Å²) < 4.78 is 0. The van der Waals surface area contributed by atoms with Gasteiger partial charge in [-0.2, -0.15) is 0 Å². The van der Waals surface area contributed by atoms with Gasteiger partial charge in [-0.15, -0.1) is 11.3 Å². The molecule has 1 aromatic heterocycles. The van der Waals surface area contributed by atoms with E-state index in [1.165, 1.54) is 11.3 Å². The van der Waals surface area contributed by atoms with Gasteiger partial charge in [0.1, 0.15) is 4.88 Å². The molecule has 2 aromatic rings. The van der Waals surface area contributed by atoms with Crippen molar-refractivity contribution in [3.05, 3.63) is 45.4 Å². The molecule has 0 atom stereocenters. The average molecular weight is 290 g/mol. The van der Waals surface area contributed by atoms with Crippen LogP contribution in [0.4, 0.5) is 5.69 Å². The minimum Gasteiger partial charge on any atom is -0.477 e. The molecule has 0 saturated carbocycles. The molecule has 106 valence electrons. The largest absolute Gasteiger partial charge is 0.477 e. The van der Waals surface area contributed by atoms with Crippen molar-refractivity contribution in [1.82, 2.24) is 4.98 Å². The molecule has 1 aromatic carbocycles. The molecular weight excluding hydrogens is 272 g/mol. The van der Waals surface area contributed by atoms with Gasteiger partial charge in [0.25, 0.3) is 0 Å². The first kappa shape index (κ1) is 14.5. The molecule has 0 fully saturated rings. The number of carbonyl (C=O) groups is 1. The molecule has 4 nitrogen and oxygen atoms in total. The van der Waals surface area contributed by atoms with Crippen LogP contribution in [0.3, 0.4) is 0 Å². The van der Waals surface area contributed by atoms with E-state index in [0.29, 0.717) is 29.3 Å². The summed E-state index contributed by atoms with van der Waals surface area (Å²) >= 11 is 1.27. The number of thiazole rings is 1. The number of hydrogen-bond acceptors (Lipinski definition) is 4. The van der Waals surface area contributed by atoms with Crippen molar-refractivity contribution in [3.63, 3.8) is 0 Å². The lowest BCUT2D eigenvalue weighted by Gasteiger charge is -2.01. The summed E-state index contributed by atoms with van der Waals surface area (Å²) in [5.41, 5.74) is 8.16. The fraction of sp³-hybridized carbons (Fsp3) is 0.333. The smallest absolute Gasteiger partial charge is 0.347 e. The van der Waals surface area contributed by atoms with Crippen molar-refractivity contribution in [2.75, 3.05) is 5.73 Å². The first-order chi connectivity index (χ1) is 9.45. The van der Waals surface area contributed by atoms with Crippen LogP contribution in [0.15, 0.2) is 24.3 Å². The first-order valence-electron chi connectivity index (χ1n) is 6.52. The highest BCUT2D eigenvalue weighted by atomic mass is 32.1. The lowest BCUT2D eigenvalue weighted by Crippen LogP contribution is -2.02. The van der Waals surface area contributed by atoms with Crippen LogP contribution in [0, 0.1) is 5.92 Å². The number of carboxylic acid groups (broad SMARTS) is 1. The fourth-order valence-corrected chi connectivity index (χ4v) is 2.94. The summed E-state index contributed by atoms with van der Waals surface area (Å²) in [6, 6.07) is 7.57. The molecule has 5 heteroatoms. The number of aromatic carboxylic acids is 1. The van der Waals surface area contributed by atoms with E-state index in [0.717, 1.165) is 16.3 Å². The highest BCUT2D eigenvalue weighted by molar-refractivity contribution is 7.13. The Labute approximate surface area is 122 Å². The van der Waals surface area contributed by atoms with Crippen LogP contribution in [-0.2, 0) is 12.8 Å². The SMILES string of the molecule is CC(C)Cc1nc(Cc2ccc(N)cc2)sc1C(=O)O. The number of nitrogens with zero attached hydrogens (tertiary/aromatic N) is 1. The van der Waals surface area contributed by atoms with Gasteiger partial charge in [-0.3, -0.25) is 0 Å². The number of rotatable bonds is 5. The summed E-state index contributed by atoms with van der Waals surface area (Å²) in [5.74, 6) is -0.499. The molecule has 0 amide bonds. The lowest BCUT2D eigenvalue weighted by atomic mass is 10.1. The summed E-state index contributed by atoms with van der Waals surface area (Å²) in [4.78, 5) is 16.1. The number of nitrogen functional groups attached to an aromatic ring is 1. The first-order valence-corrected chi connectivity index (χ1v) is 7.33. The topological polar surface area (TPSA) is 76.2 Å². The fourth-order valence-electron chi connectivity index (χ4n) is 1.98. The van der Waals surface area contributed by atoms with Crippen molar-refractivity contribution in [3.8, 4) is 0 Å². The van der Waals surface area contributed by atoms with Gasteiger partial charge in [0.05, 0.1) is 10.7 Å². The van der Waals surface area contributed by atoms with E-state index in [2.05, 4.69) is 18.8 Å². The van der Waals surface area contributed by atoms with Gasteiger partial charge in [-0.25, -0.2) is 9.78 Å². The molecule has 3 N–H and O–H groups in total. The third-order valence-electron chi connectivity index (χ3n) is 2.87. The van der Waals surface area contributed by atoms with Crippen LogP contribution < -0.4 is 5.73 Å². The summed E-state index contributed by atoms with van der Waals surface area (Å²) in [5, 5.41) is 10.1. The second kappa shape index (κ2) is 6.05. The molecule has 2 rings (SSSR count). The third kappa shape index (κ3) is 3.57. The van der Waals surface area contributed by atoms with Gasteiger partial charge in [0, 0.05) is 12.1 Å². The Bertz CT molecular complexity index is 603. The Morgan fingerprint density at radius 1 is 1.35 bits per heavy atom. The maximum atomic E-state index is 11.3. The van der Waals surface area contributed by atoms with Gasteiger partial charge < -0.3 is 10.8 Å². The van der Waals surface area contributed by atoms with Crippen molar-refractivity contribution in [2.45, 2.75) is 26.7 Å². The van der Waals surface area contributed by atoms with E-state index in [1.54, 1.807) is 0 Å². The summed E-state index contributed by atoms with van der Waals surface area (Å²) in [6.07, 6.45) is 1.34. The van der Waals surface area contributed by atoms with E-state index >= 15 is 0 Å². The van der Waals surface area contributed by atoms with E-state index in [1.807, 2.05) is 24.3 Å². The van der Waals surface area contributed by atoms with E-state index in [4.69, 9.17) is 5.73 Å². The van der Waals surface area contributed by atoms with Crippen LogP contribution in [0.1, 0.15) is 39.8 Å². The van der Waals surface area contributed by atoms with E-state index in [9.17, 15) is 9.90 Å². The summed E-state index contributed by atoms with van der Waals surface area (Å²) in [7, 11) is 0. The van der Waals surface area contributed by atoms with Crippen LogP contribution in [0.2, 0.25) is 0 Å². The molecule has 0 bridgehead atoms. The van der Waals surface area contributed by atoms with Gasteiger partial charge in [-0.05, 0) is 30.0 Å². The second-order valence-corrected chi connectivity index (χ2v) is 6.29. The number of nitrogens with two attached hydrogens (primary N) is 1. The number of carboxylic acids is 1. The maximum absolute atomic E-state index is 11.3. The van der Waals surface area contributed by atoms with Gasteiger partial charge in [-0.1, -0.05) is 26.0 Å². The molecule has 0 saturated heterocycles. The Balaban J connectivity index is 2.24. The predicted octanol–water partition coefficient (Wildman–Crippen LogP) is 3.21. The monoisotopic (exact) mass is 290 g/mol. The van der Waals surface area contributed by atoms with Gasteiger partial charge >= 0.3 is 5.97 Å². The Morgan fingerprint density at radius 3 is 2.55 bits per heavy atom.